The van der Waals surface area contributed by atoms with Gasteiger partial charge in [-0.3, -0.25) is 0 Å². The third kappa shape index (κ3) is 3.33. The van der Waals surface area contributed by atoms with Crippen LogP contribution in [-0.2, 0) is 0 Å². The Bertz CT molecular complexity index is 105. The van der Waals surface area contributed by atoms with Crippen molar-refractivity contribution in [2.75, 3.05) is 0 Å². The number of halogens is 4. The van der Waals surface area contributed by atoms with E-state index >= 15 is 0 Å². The Labute approximate surface area is 75.5 Å². The predicted molar refractivity (Wildman–Crippen MR) is 46.0 cm³/mol. The molecule has 8 heavy (non-hydrogen) atoms. The summed E-state index contributed by atoms with van der Waals surface area (Å²) in [7, 11) is 0. The van der Waals surface area contributed by atoms with Crippen LogP contribution in [0.1, 0.15) is 6.92 Å². The lowest BCUT2D eigenvalue weighted by Crippen LogP contribution is -1.88. The fraction of sp³-hybridized carbons (Fsp3) is 0.500. The molecule has 0 radical (unpaired) electrons. The Morgan fingerprint density at radius 2 is 1.88 bits per heavy atom. The van der Waals surface area contributed by atoms with E-state index in [1.807, 2.05) is 0 Å². The highest BCUT2D eigenvalue weighted by atomic mass is 79.9. The SMILES string of the molecule is CC(Cl)C(Cl)=C(Br)Br. The van der Waals surface area contributed by atoms with Crippen LogP contribution in [0.5, 0.6) is 0 Å². The molecule has 0 nitrogen and oxygen atoms in total. The van der Waals surface area contributed by atoms with Crippen LogP contribution >= 0.6 is 55.1 Å². The molecule has 0 N–H and O–H groups in total. The predicted octanol–water partition coefficient (Wildman–Crippen LogP) is 3.81. The standard InChI is InChI=1S/C4H4Br2Cl2/c1-2(7)3(8)4(5)6/h2H,1H3. The van der Waals surface area contributed by atoms with Crippen LogP contribution in [0, 0.1) is 0 Å². The van der Waals surface area contributed by atoms with Crippen molar-refractivity contribution in [3.8, 4) is 0 Å². The van der Waals surface area contributed by atoms with Gasteiger partial charge in [-0.1, -0.05) is 11.6 Å². The van der Waals surface area contributed by atoms with E-state index in [1.54, 1.807) is 6.92 Å². The number of rotatable bonds is 1. The van der Waals surface area contributed by atoms with E-state index in [2.05, 4.69) is 31.9 Å². The minimum atomic E-state index is -0.134. The van der Waals surface area contributed by atoms with Gasteiger partial charge < -0.3 is 0 Å². The molecular formula is C4H4Br2Cl2. The lowest BCUT2D eigenvalue weighted by Gasteiger charge is -1.97. The third-order valence-electron chi connectivity index (χ3n) is 0.530. The molecule has 0 saturated carbocycles. The van der Waals surface area contributed by atoms with E-state index in [-0.39, 0.29) is 5.38 Å². The molecule has 1 atom stereocenters. The highest BCUT2D eigenvalue weighted by Gasteiger charge is 2.03. The molecule has 0 aliphatic carbocycles. The molecule has 1 unspecified atom stereocenters. The van der Waals surface area contributed by atoms with Crippen LogP contribution in [0.15, 0.2) is 8.42 Å². The molecule has 0 saturated heterocycles. The summed E-state index contributed by atoms with van der Waals surface area (Å²) in [5, 5.41) is 0.456. The van der Waals surface area contributed by atoms with E-state index in [0.717, 1.165) is 0 Å². The maximum Gasteiger partial charge on any atom is 0.0764 e. The Morgan fingerprint density at radius 3 is 1.88 bits per heavy atom. The molecule has 0 aromatic carbocycles. The highest BCUT2D eigenvalue weighted by Crippen LogP contribution is 2.26. The Kier molecular flexibility index (Phi) is 4.82. The molecule has 48 valence electrons. The average molecular weight is 283 g/mol. The molecule has 0 amide bonds. The first kappa shape index (κ1) is 9.28. The van der Waals surface area contributed by atoms with Gasteiger partial charge in [-0.05, 0) is 38.8 Å². The second kappa shape index (κ2) is 4.15. The fourth-order valence-corrected chi connectivity index (χ4v) is 1.21. The first-order chi connectivity index (χ1) is 3.55. The molecule has 0 aromatic heterocycles. The van der Waals surface area contributed by atoms with Crippen LogP contribution in [0.2, 0.25) is 0 Å². The Hall–Kier alpha value is 1.28. The minimum Gasteiger partial charge on any atom is -0.117 e. The van der Waals surface area contributed by atoms with Crippen molar-refractivity contribution in [3.63, 3.8) is 0 Å². The van der Waals surface area contributed by atoms with Gasteiger partial charge in [0, 0.05) is 0 Å². The summed E-state index contributed by atoms with van der Waals surface area (Å²) in [5.74, 6) is 0. The molecule has 0 aliphatic rings. The zero-order chi connectivity index (χ0) is 6.73. The minimum absolute atomic E-state index is 0.134. The van der Waals surface area contributed by atoms with Crippen LogP contribution in [-0.4, -0.2) is 5.38 Å². The van der Waals surface area contributed by atoms with Gasteiger partial charge in [0.2, 0.25) is 0 Å². The van der Waals surface area contributed by atoms with Gasteiger partial charge >= 0.3 is 0 Å². The number of alkyl halides is 1. The molecule has 0 heterocycles. The summed E-state index contributed by atoms with van der Waals surface area (Å²) in [6, 6.07) is 0. The van der Waals surface area contributed by atoms with Crippen molar-refractivity contribution in [2.45, 2.75) is 12.3 Å². The number of hydrogen-bond acceptors (Lipinski definition) is 0. The smallest absolute Gasteiger partial charge is 0.0764 e. The zero-order valence-corrected chi connectivity index (χ0v) is 8.77. The third-order valence-corrected chi connectivity index (χ3v) is 2.69. The second-order valence-electron chi connectivity index (χ2n) is 1.22. The maximum atomic E-state index is 5.60. The summed E-state index contributed by atoms with van der Waals surface area (Å²) in [5.41, 5.74) is 0. The lowest BCUT2D eigenvalue weighted by atomic mass is 10.5. The monoisotopic (exact) mass is 280 g/mol. The van der Waals surface area contributed by atoms with E-state index in [1.165, 1.54) is 0 Å². The van der Waals surface area contributed by atoms with Crippen molar-refractivity contribution < 1.29 is 0 Å². The number of hydrogen-bond donors (Lipinski definition) is 0. The number of allylic oxidation sites excluding steroid dienone is 1. The van der Waals surface area contributed by atoms with Gasteiger partial charge in [0.1, 0.15) is 0 Å². The summed E-state index contributed by atoms with van der Waals surface area (Å²) in [6.07, 6.45) is 0. The quantitative estimate of drug-likeness (QED) is 0.642. The Morgan fingerprint density at radius 1 is 1.50 bits per heavy atom. The fourth-order valence-electron chi connectivity index (χ4n) is 0.150. The Balaban J connectivity index is 4.00. The molecule has 0 aliphatic heterocycles. The molecule has 0 aromatic rings. The molecular weight excluding hydrogens is 279 g/mol. The van der Waals surface area contributed by atoms with Crippen molar-refractivity contribution in [1.29, 1.82) is 0 Å². The van der Waals surface area contributed by atoms with E-state index in [4.69, 9.17) is 23.2 Å². The van der Waals surface area contributed by atoms with Gasteiger partial charge in [0.25, 0.3) is 0 Å². The van der Waals surface area contributed by atoms with E-state index in [0.29, 0.717) is 8.42 Å². The largest absolute Gasteiger partial charge is 0.117 e. The first-order valence-electron chi connectivity index (χ1n) is 1.90. The summed E-state index contributed by atoms with van der Waals surface area (Å²) < 4.78 is 0.717. The van der Waals surface area contributed by atoms with Crippen LogP contribution < -0.4 is 0 Å². The molecule has 0 fully saturated rings. The zero-order valence-electron chi connectivity index (χ0n) is 4.09. The lowest BCUT2D eigenvalue weighted by molar-refractivity contribution is 1.21. The summed E-state index contributed by atoms with van der Waals surface area (Å²) in [4.78, 5) is 0. The van der Waals surface area contributed by atoms with Gasteiger partial charge in [-0.25, -0.2) is 0 Å². The normalized spacial score (nSPS) is 13.1. The van der Waals surface area contributed by atoms with Gasteiger partial charge in [-0.2, -0.15) is 0 Å². The average Bonchev–Trinajstić information content (AvgIpc) is 1.64. The molecule has 4 heteroatoms. The molecule has 0 rings (SSSR count). The van der Waals surface area contributed by atoms with E-state index < -0.39 is 0 Å². The molecule has 0 bridgehead atoms. The van der Waals surface area contributed by atoms with Gasteiger partial charge in [0.05, 0.1) is 13.8 Å². The summed E-state index contributed by atoms with van der Waals surface area (Å²) in [6.45, 7) is 1.80. The second-order valence-corrected chi connectivity index (χ2v) is 4.94. The van der Waals surface area contributed by atoms with Gasteiger partial charge in [0.15, 0.2) is 0 Å². The first-order valence-corrected chi connectivity index (χ1v) is 4.30. The van der Waals surface area contributed by atoms with Crippen LogP contribution in [0.25, 0.3) is 0 Å². The topological polar surface area (TPSA) is 0 Å². The van der Waals surface area contributed by atoms with Crippen molar-refractivity contribution in [3.05, 3.63) is 8.42 Å². The van der Waals surface area contributed by atoms with Crippen molar-refractivity contribution in [2.24, 2.45) is 0 Å². The summed E-state index contributed by atoms with van der Waals surface area (Å²) >= 11 is 17.4. The maximum absolute atomic E-state index is 5.60. The van der Waals surface area contributed by atoms with Gasteiger partial charge in [-0.15, -0.1) is 11.6 Å². The van der Waals surface area contributed by atoms with Crippen molar-refractivity contribution in [1.82, 2.24) is 0 Å². The highest BCUT2D eigenvalue weighted by molar-refractivity contribution is 9.28. The van der Waals surface area contributed by atoms with Crippen LogP contribution in [0.4, 0.5) is 0 Å². The van der Waals surface area contributed by atoms with Crippen LogP contribution in [0.3, 0.4) is 0 Å². The van der Waals surface area contributed by atoms with E-state index in [9.17, 15) is 0 Å². The molecule has 0 spiro atoms. The van der Waals surface area contributed by atoms with Crippen molar-refractivity contribution >= 4 is 55.1 Å².